The lowest BCUT2D eigenvalue weighted by Crippen LogP contribution is -2.51. The molecule has 1 aliphatic rings. The summed E-state index contributed by atoms with van der Waals surface area (Å²) >= 11 is 0. The molecule has 2 atom stereocenters. The molecule has 0 radical (unpaired) electrons. The van der Waals surface area contributed by atoms with Crippen LogP contribution < -0.4 is 5.32 Å². The zero-order chi connectivity index (χ0) is 12.9. The second-order valence-corrected chi connectivity index (χ2v) is 5.37. The predicted octanol–water partition coefficient (Wildman–Crippen LogP) is -0.571. The maximum atomic E-state index is 9.63. The van der Waals surface area contributed by atoms with Gasteiger partial charge in [-0.3, -0.25) is 4.90 Å². The smallest absolute Gasteiger partial charge is 0.0972 e. The van der Waals surface area contributed by atoms with Crippen LogP contribution >= 0.6 is 0 Å². The van der Waals surface area contributed by atoms with Crippen LogP contribution in [0.4, 0.5) is 0 Å². The van der Waals surface area contributed by atoms with Crippen molar-refractivity contribution < 1.29 is 14.9 Å². The fraction of sp³-hybridized carbons (Fsp3) is 1.00. The van der Waals surface area contributed by atoms with Crippen LogP contribution in [0.2, 0.25) is 0 Å². The molecule has 2 unspecified atom stereocenters. The van der Waals surface area contributed by atoms with Gasteiger partial charge in [0.1, 0.15) is 0 Å². The average molecular weight is 246 g/mol. The Bertz CT molecular complexity index is 222. The monoisotopic (exact) mass is 246 g/mol. The molecule has 17 heavy (non-hydrogen) atoms. The Labute approximate surface area is 104 Å². The summed E-state index contributed by atoms with van der Waals surface area (Å²) in [5.41, 5.74) is -1.05. The highest BCUT2D eigenvalue weighted by Gasteiger charge is 2.23. The highest BCUT2D eigenvalue weighted by Crippen LogP contribution is 2.08. The molecule has 3 N–H and O–H groups in total. The molecule has 1 fully saturated rings. The maximum absolute atomic E-state index is 9.63. The molecule has 5 nitrogen and oxygen atoms in total. The quantitative estimate of drug-likeness (QED) is 0.586. The van der Waals surface area contributed by atoms with Crippen LogP contribution in [0, 0.1) is 0 Å². The Morgan fingerprint density at radius 2 is 2.24 bits per heavy atom. The van der Waals surface area contributed by atoms with Gasteiger partial charge in [-0.2, -0.15) is 0 Å². The van der Waals surface area contributed by atoms with Gasteiger partial charge in [-0.25, -0.2) is 0 Å². The second-order valence-electron chi connectivity index (χ2n) is 5.37. The average Bonchev–Trinajstić information content (AvgIpc) is 2.29. The van der Waals surface area contributed by atoms with Crippen LogP contribution in [0.15, 0.2) is 0 Å². The van der Waals surface area contributed by atoms with Crippen molar-refractivity contribution in [1.29, 1.82) is 0 Å². The van der Waals surface area contributed by atoms with E-state index in [1.807, 2.05) is 0 Å². The minimum absolute atomic E-state index is 0.167. The highest BCUT2D eigenvalue weighted by atomic mass is 16.5. The van der Waals surface area contributed by atoms with Crippen molar-refractivity contribution in [1.82, 2.24) is 10.2 Å². The SMILES string of the molecule is CC(C)N1CCOC(CNCC(C)(O)CO)C1. The number of hydrogen-bond donors (Lipinski definition) is 3. The van der Waals surface area contributed by atoms with Crippen molar-refractivity contribution in [2.45, 2.75) is 38.5 Å². The molecule has 0 bridgehead atoms. The molecular formula is C12H26N2O3. The van der Waals surface area contributed by atoms with Crippen molar-refractivity contribution in [3.8, 4) is 0 Å². The first-order valence-corrected chi connectivity index (χ1v) is 6.34. The van der Waals surface area contributed by atoms with E-state index in [1.54, 1.807) is 6.92 Å². The lowest BCUT2D eigenvalue weighted by atomic mass is 10.1. The van der Waals surface area contributed by atoms with E-state index < -0.39 is 5.60 Å². The van der Waals surface area contributed by atoms with Gasteiger partial charge in [0.2, 0.25) is 0 Å². The Hall–Kier alpha value is -0.200. The number of nitrogens with one attached hydrogen (secondary N) is 1. The van der Waals surface area contributed by atoms with Crippen LogP contribution in [0.25, 0.3) is 0 Å². The number of aliphatic hydroxyl groups excluding tert-OH is 1. The first kappa shape index (κ1) is 14.9. The first-order valence-electron chi connectivity index (χ1n) is 6.34. The number of hydrogen-bond acceptors (Lipinski definition) is 5. The molecule has 0 amide bonds. The van der Waals surface area contributed by atoms with E-state index in [0.717, 1.165) is 19.7 Å². The number of rotatable bonds is 6. The number of nitrogens with zero attached hydrogens (tertiary/aromatic N) is 1. The van der Waals surface area contributed by atoms with E-state index in [1.165, 1.54) is 0 Å². The summed E-state index contributed by atoms with van der Waals surface area (Å²) in [6.45, 7) is 9.52. The van der Waals surface area contributed by atoms with Gasteiger partial charge in [-0.1, -0.05) is 0 Å². The largest absolute Gasteiger partial charge is 0.393 e. The van der Waals surface area contributed by atoms with Gasteiger partial charge < -0.3 is 20.3 Å². The highest BCUT2D eigenvalue weighted by molar-refractivity contribution is 4.79. The molecular weight excluding hydrogens is 220 g/mol. The molecule has 102 valence electrons. The minimum atomic E-state index is -1.05. The standard InChI is InChI=1S/C12H26N2O3/c1-10(2)14-4-5-17-11(7-14)6-13-8-12(3,16)9-15/h10-11,13,15-16H,4-9H2,1-3H3. The fourth-order valence-electron chi connectivity index (χ4n) is 1.89. The molecule has 0 saturated carbocycles. The molecule has 1 aliphatic heterocycles. The topological polar surface area (TPSA) is 65.0 Å². The van der Waals surface area contributed by atoms with Gasteiger partial charge in [-0.15, -0.1) is 0 Å². The molecule has 0 aliphatic carbocycles. The summed E-state index contributed by atoms with van der Waals surface area (Å²) in [6, 6.07) is 0.543. The molecule has 0 aromatic heterocycles. The van der Waals surface area contributed by atoms with E-state index in [0.29, 0.717) is 19.1 Å². The van der Waals surface area contributed by atoms with Crippen LogP contribution in [-0.4, -0.2) is 72.3 Å². The molecule has 5 heteroatoms. The van der Waals surface area contributed by atoms with E-state index in [4.69, 9.17) is 9.84 Å². The molecule has 0 aromatic rings. The Morgan fingerprint density at radius 1 is 1.53 bits per heavy atom. The zero-order valence-electron chi connectivity index (χ0n) is 11.1. The molecule has 0 spiro atoms. The van der Waals surface area contributed by atoms with Crippen molar-refractivity contribution in [3.63, 3.8) is 0 Å². The number of aliphatic hydroxyl groups is 2. The lowest BCUT2D eigenvalue weighted by molar-refractivity contribution is -0.0424. The lowest BCUT2D eigenvalue weighted by Gasteiger charge is -2.36. The summed E-state index contributed by atoms with van der Waals surface area (Å²) in [5, 5.41) is 21.7. The molecule has 0 aromatic carbocycles. The van der Waals surface area contributed by atoms with Gasteiger partial charge in [0.05, 0.1) is 24.9 Å². The van der Waals surface area contributed by atoms with Gasteiger partial charge in [0, 0.05) is 32.2 Å². The normalized spacial score (nSPS) is 26.1. The van der Waals surface area contributed by atoms with Crippen molar-refractivity contribution in [2.24, 2.45) is 0 Å². The van der Waals surface area contributed by atoms with Gasteiger partial charge >= 0.3 is 0 Å². The van der Waals surface area contributed by atoms with Gasteiger partial charge in [0.15, 0.2) is 0 Å². The maximum Gasteiger partial charge on any atom is 0.0972 e. The van der Waals surface area contributed by atoms with E-state index in [9.17, 15) is 5.11 Å². The van der Waals surface area contributed by atoms with E-state index in [2.05, 4.69) is 24.1 Å². The van der Waals surface area contributed by atoms with Crippen molar-refractivity contribution >= 4 is 0 Å². The number of morpholine rings is 1. The Morgan fingerprint density at radius 3 is 2.82 bits per heavy atom. The third-order valence-electron chi connectivity index (χ3n) is 3.12. The fourth-order valence-corrected chi connectivity index (χ4v) is 1.89. The Kier molecular flexibility index (Phi) is 5.82. The summed E-state index contributed by atoms with van der Waals surface area (Å²) < 4.78 is 5.66. The summed E-state index contributed by atoms with van der Waals surface area (Å²) in [6.07, 6.45) is 0.167. The van der Waals surface area contributed by atoms with Crippen LogP contribution in [0.1, 0.15) is 20.8 Å². The van der Waals surface area contributed by atoms with Crippen LogP contribution in [0.5, 0.6) is 0 Å². The Balaban J connectivity index is 2.23. The van der Waals surface area contributed by atoms with Crippen molar-refractivity contribution in [3.05, 3.63) is 0 Å². The first-order chi connectivity index (χ1) is 7.94. The second kappa shape index (κ2) is 6.66. The van der Waals surface area contributed by atoms with Crippen LogP contribution in [-0.2, 0) is 4.74 Å². The molecule has 1 saturated heterocycles. The summed E-state index contributed by atoms with van der Waals surface area (Å²) in [4.78, 5) is 2.39. The number of ether oxygens (including phenoxy) is 1. The van der Waals surface area contributed by atoms with E-state index >= 15 is 0 Å². The van der Waals surface area contributed by atoms with Crippen molar-refractivity contribution in [2.75, 3.05) is 39.4 Å². The zero-order valence-corrected chi connectivity index (χ0v) is 11.1. The molecule has 1 rings (SSSR count). The summed E-state index contributed by atoms with van der Waals surface area (Å²) in [5.74, 6) is 0. The van der Waals surface area contributed by atoms with Gasteiger partial charge in [-0.05, 0) is 20.8 Å². The van der Waals surface area contributed by atoms with E-state index in [-0.39, 0.29) is 12.7 Å². The third kappa shape index (κ3) is 5.31. The molecule has 1 heterocycles. The predicted molar refractivity (Wildman–Crippen MR) is 67.0 cm³/mol. The third-order valence-corrected chi connectivity index (χ3v) is 3.12. The summed E-state index contributed by atoms with van der Waals surface area (Å²) in [7, 11) is 0. The minimum Gasteiger partial charge on any atom is -0.393 e. The van der Waals surface area contributed by atoms with Gasteiger partial charge in [0.25, 0.3) is 0 Å². The van der Waals surface area contributed by atoms with Crippen LogP contribution in [0.3, 0.4) is 0 Å².